The molecule has 0 unspecified atom stereocenters. The van der Waals surface area contributed by atoms with Gasteiger partial charge in [-0.25, -0.2) is 4.98 Å². The first-order valence-electron chi connectivity index (χ1n) is 7.53. The molecule has 0 aliphatic carbocycles. The Bertz CT molecular complexity index is 879. The molecule has 1 aromatic heterocycles. The number of amides is 1. The minimum atomic E-state index is -0.265. The minimum Gasteiger partial charge on any atom is -0.497 e. The average molecular weight is 355 g/mol. The van der Waals surface area contributed by atoms with E-state index >= 15 is 0 Å². The largest absolute Gasteiger partial charge is 0.497 e. The second-order valence-corrected chi connectivity index (χ2v) is 6.02. The van der Waals surface area contributed by atoms with Crippen LogP contribution in [0.5, 0.6) is 11.5 Å². The zero-order chi connectivity index (χ0) is 17.6. The molecular formula is C18H17N3O3S. The van der Waals surface area contributed by atoms with E-state index in [2.05, 4.69) is 10.3 Å². The summed E-state index contributed by atoms with van der Waals surface area (Å²) in [7, 11) is 1.58. The van der Waals surface area contributed by atoms with Gasteiger partial charge in [-0.15, -0.1) is 11.3 Å². The molecule has 0 saturated heterocycles. The van der Waals surface area contributed by atoms with E-state index < -0.39 is 0 Å². The molecule has 25 heavy (non-hydrogen) atoms. The van der Waals surface area contributed by atoms with Crippen LogP contribution in [0, 0.1) is 0 Å². The normalized spacial score (nSPS) is 10.3. The summed E-state index contributed by atoms with van der Waals surface area (Å²) in [4.78, 5) is 16.5. The SMILES string of the molecule is COc1cccc(OCC(=O)Nc2ccccc2-c2csc(N)n2)c1. The molecule has 2 aromatic carbocycles. The van der Waals surface area contributed by atoms with Crippen LogP contribution in [0.1, 0.15) is 0 Å². The minimum absolute atomic E-state index is 0.110. The van der Waals surface area contributed by atoms with Crippen molar-refractivity contribution < 1.29 is 14.3 Å². The van der Waals surface area contributed by atoms with E-state index in [1.165, 1.54) is 11.3 Å². The van der Waals surface area contributed by atoms with Gasteiger partial charge in [0.2, 0.25) is 0 Å². The third kappa shape index (κ3) is 4.27. The number of benzene rings is 2. The Kier molecular flexibility index (Phi) is 5.15. The van der Waals surface area contributed by atoms with Crippen molar-refractivity contribution in [3.8, 4) is 22.8 Å². The number of carbonyl (C=O) groups excluding carboxylic acids is 1. The molecule has 3 aromatic rings. The molecular weight excluding hydrogens is 338 g/mol. The number of nitrogens with one attached hydrogen (secondary N) is 1. The van der Waals surface area contributed by atoms with Crippen LogP contribution in [0.3, 0.4) is 0 Å². The third-order valence-corrected chi connectivity index (χ3v) is 4.08. The van der Waals surface area contributed by atoms with E-state index in [1.54, 1.807) is 25.3 Å². The zero-order valence-electron chi connectivity index (χ0n) is 13.6. The maximum atomic E-state index is 12.2. The molecule has 0 aliphatic rings. The standard InChI is InChI=1S/C18H17N3O3S/c1-23-12-5-4-6-13(9-12)24-10-17(22)20-15-8-3-2-7-14(15)16-11-25-18(19)21-16/h2-9,11H,10H2,1H3,(H2,19,21)(H,20,22). The van der Waals surface area contributed by atoms with Crippen LogP contribution < -0.4 is 20.5 Å². The Labute approximate surface area is 149 Å². The molecule has 128 valence electrons. The summed E-state index contributed by atoms with van der Waals surface area (Å²) < 4.78 is 10.6. The van der Waals surface area contributed by atoms with Crippen molar-refractivity contribution in [2.24, 2.45) is 0 Å². The summed E-state index contributed by atoms with van der Waals surface area (Å²) >= 11 is 1.36. The van der Waals surface area contributed by atoms with E-state index in [-0.39, 0.29) is 12.5 Å². The molecule has 0 aliphatic heterocycles. The highest BCUT2D eigenvalue weighted by molar-refractivity contribution is 7.13. The Morgan fingerprint density at radius 2 is 2.00 bits per heavy atom. The Balaban J connectivity index is 1.67. The number of carbonyl (C=O) groups is 1. The van der Waals surface area contributed by atoms with Gasteiger partial charge in [-0.05, 0) is 18.2 Å². The number of hydrogen-bond donors (Lipinski definition) is 2. The second kappa shape index (κ2) is 7.67. The molecule has 3 rings (SSSR count). The first kappa shape index (κ1) is 16.8. The predicted molar refractivity (Wildman–Crippen MR) is 99.1 cm³/mol. The topological polar surface area (TPSA) is 86.5 Å². The second-order valence-electron chi connectivity index (χ2n) is 5.13. The smallest absolute Gasteiger partial charge is 0.262 e. The summed E-state index contributed by atoms with van der Waals surface area (Å²) in [5, 5.41) is 5.18. The van der Waals surface area contributed by atoms with E-state index in [9.17, 15) is 4.79 Å². The number of aromatic nitrogens is 1. The van der Waals surface area contributed by atoms with Gasteiger partial charge in [-0.3, -0.25) is 4.79 Å². The van der Waals surface area contributed by atoms with Crippen LogP contribution in [0.4, 0.5) is 10.8 Å². The van der Waals surface area contributed by atoms with E-state index in [0.717, 1.165) is 11.3 Å². The van der Waals surface area contributed by atoms with Crippen molar-refractivity contribution in [2.75, 3.05) is 24.8 Å². The van der Waals surface area contributed by atoms with E-state index in [1.807, 2.05) is 35.7 Å². The van der Waals surface area contributed by atoms with Gasteiger partial charge in [0.05, 0.1) is 18.5 Å². The van der Waals surface area contributed by atoms with Gasteiger partial charge in [-0.1, -0.05) is 24.3 Å². The molecule has 1 amide bonds. The number of ether oxygens (including phenoxy) is 2. The number of nitrogens with two attached hydrogens (primary N) is 1. The van der Waals surface area contributed by atoms with E-state index in [0.29, 0.717) is 22.3 Å². The van der Waals surface area contributed by atoms with Crippen LogP contribution in [0.2, 0.25) is 0 Å². The van der Waals surface area contributed by atoms with Crippen LogP contribution in [0.15, 0.2) is 53.9 Å². The van der Waals surface area contributed by atoms with Crippen LogP contribution >= 0.6 is 11.3 Å². The fraction of sp³-hybridized carbons (Fsp3) is 0.111. The van der Waals surface area contributed by atoms with Gasteiger partial charge in [0, 0.05) is 17.0 Å². The summed E-state index contributed by atoms with van der Waals surface area (Å²) in [6.45, 7) is -0.110. The Hall–Kier alpha value is -3.06. The number of para-hydroxylation sites is 1. The van der Waals surface area contributed by atoms with Gasteiger partial charge in [-0.2, -0.15) is 0 Å². The molecule has 1 heterocycles. The summed E-state index contributed by atoms with van der Waals surface area (Å²) in [5.41, 5.74) is 7.89. The predicted octanol–water partition coefficient (Wildman–Crippen LogP) is 3.42. The highest BCUT2D eigenvalue weighted by Gasteiger charge is 2.11. The highest BCUT2D eigenvalue weighted by Crippen LogP contribution is 2.29. The van der Waals surface area contributed by atoms with Crippen molar-refractivity contribution in [1.82, 2.24) is 4.98 Å². The molecule has 0 radical (unpaired) electrons. The first-order valence-corrected chi connectivity index (χ1v) is 8.41. The summed E-state index contributed by atoms with van der Waals surface area (Å²) in [6.07, 6.45) is 0. The molecule has 0 fully saturated rings. The van der Waals surface area contributed by atoms with Crippen molar-refractivity contribution in [3.05, 3.63) is 53.9 Å². The Morgan fingerprint density at radius 3 is 2.76 bits per heavy atom. The lowest BCUT2D eigenvalue weighted by atomic mass is 10.1. The summed E-state index contributed by atoms with van der Waals surface area (Å²) in [6, 6.07) is 14.5. The maximum absolute atomic E-state index is 12.2. The van der Waals surface area contributed by atoms with Gasteiger partial charge in [0.25, 0.3) is 5.91 Å². The van der Waals surface area contributed by atoms with Gasteiger partial charge < -0.3 is 20.5 Å². The lowest BCUT2D eigenvalue weighted by molar-refractivity contribution is -0.118. The Morgan fingerprint density at radius 1 is 1.20 bits per heavy atom. The lowest BCUT2D eigenvalue weighted by Crippen LogP contribution is -2.20. The molecule has 0 spiro atoms. The van der Waals surface area contributed by atoms with Gasteiger partial charge in [0.1, 0.15) is 11.5 Å². The van der Waals surface area contributed by atoms with Crippen molar-refractivity contribution in [3.63, 3.8) is 0 Å². The van der Waals surface area contributed by atoms with Gasteiger partial charge in [0.15, 0.2) is 11.7 Å². The van der Waals surface area contributed by atoms with Crippen molar-refractivity contribution >= 4 is 28.1 Å². The quantitative estimate of drug-likeness (QED) is 0.707. The first-order chi connectivity index (χ1) is 12.2. The molecule has 0 saturated carbocycles. The summed E-state index contributed by atoms with van der Waals surface area (Å²) in [5.74, 6) is 0.970. The molecule has 7 heteroatoms. The maximum Gasteiger partial charge on any atom is 0.262 e. The van der Waals surface area contributed by atoms with Crippen molar-refractivity contribution in [1.29, 1.82) is 0 Å². The van der Waals surface area contributed by atoms with E-state index in [4.69, 9.17) is 15.2 Å². The highest BCUT2D eigenvalue weighted by atomic mass is 32.1. The molecule has 0 bridgehead atoms. The van der Waals surface area contributed by atoms with Crippen molar-refractivity contribution in [2.45, 2.75) is 0 Å². The number of methoxy groups -OCH3 is 1. The zero-order valence-corrected chi connectivity index (χ0v) is 14.4. The number of hydrogen-bond acceptors (Lipinski definition) is 6. The number of nitrogens with zero attached hydrogens (tertiary/aromatic N) is 1. The fourth-order valence-electron chi connectivity index (χ4n) is 2.25. The number of anilines is 2. The third-order valence-electron chi connectivity index (χ3n) is 3.41. The fourth-order valence-corrected chi connectivity index (χ4v) is 2.82. The number of thiazole rings is 1. The lowest BCUT2D eigenvalue weighted by Gasteiger charge is -2.11. The van der Waals surface area contributed by atoms with Crippen LogP contribution in [0.25, 0.3) is 11.3 Å². The van der Waals surface area contributed by atoms with Crippen LogP contribution in [-0.2, 0) is 4.79 Å². The monoisotopic (exact) mass is 355 g/mol. The molecule has 6 nitrogen and oxygen atoms in total. The van der Waals surface area contributed by atoms with Crippen LogP contribution in [-0.4, -0.2) is 24.6 Å². The number of nitrogen functional groups attached to an aromatic ring is 1. The number of rotatable bonds is 6. The van der Waals surface area contributed by atoms with Gasteiger partial charge >= 0.3 is 0 Å². The molecule has 3 N–H and O–H groups in total. The molecule has 0 atom stereocenters. The average Bonchev–Trinajstić information content (AvgIpc) is 3.07.